The number of benzene rings is 1. The maximum atomic E-state index is 13.2. The number of rotatable bonds is 7. The normalized spacial score (nSPS) is 18.7. The minimum atomic E-state index is -3.53. The van der Waals surface area contributed by atoms with Crippen molar-refractivity contribution in [3.63, 3.8) is 0 Å². The molecule has 1 aromatic rings. The van der Waals surface area contributed by atoms with Gasteiger partial charge in [-0.2, -0.15) is 0 Å². The van der Waals surface area contributed by atoms with E-state index in [9.17, 15) is 8.42 Å². The van der Waals surface area contributed by atoms with E-state index in [1.54, 1.807) is 0 Å². The van der Waals surface area contributed by atoms with Crippen LogP contribution in [-0.4, -0.2) is 27.5 Å². The summed E-state index contributed by atoms with van der Waals surface area (Å²) in [6, 6.07) is 4.42. The molecule has 1 saturated heterocycles. The summed E-state index contributed by atoms with van der Waals surface area (Å²) in [5, 5.41) is 3.35. The maximum Gasteiger partial charge on any atom is 0.241 e. The summed E-state index contributed by atoms with van der Waals surface area (Å²) in [5.74, 6) is 0.696. The molecule has 0 radical (unpaired) electrons. The molecule has 1 aliphatic heterocycles. The monoisotopic (exact) mass is 366 g/mol. The SMILES string of the molecule is CC(C)c1cc(C(C)C)c(S(=O)(=O)NC[C@@H]2CCCN2)c(C(C)C)c1. The number of nitrogens with one attached hydrogen (secondary N) is 2. The average Bonchev–Trinajstić information content (AvgIpc) is 3.05. The minimum Gasteiger partial charge on any atom is -0.313 e. The van der Waals surface area contributed by atoms with Gasteiger partial charge in [0.05, 0.1) is 4.90 Å². The van der Waals surface area contributed by atoms with Gasteiger partial charge in [0.2, 0.25) is 10.0 Å². The van der Waals surface area contributed by atoms with Gasteiger partial charge in [-0.25, -0.2) is 13.1 Å². The summed E-state index contributed by atoms with van der Waals surface area (Å²) >= 11 is 0. The second-order valence-electron chi connectivity index (χ2n) is 8.14. The Kier molecular flexibility index (Phi) is 6.68. The van der Waals surface area contributed by atoms with Crippen LogP contribution in [0, 0.1) is 0 Å². The second-order valence-corrected chi connectivity index (χ2v) is 9.84. The highest BCUT2D eigenvalue weighted by Crippen LogP contribution is 2.35. The molecular formula is C20H34N2O2S. The molecule has 0 spiro atoms. The first kappa shape index (κ1) is 20.4. The van der Waals surface area contributed by atoms with Crippen molar-refractivity contribution < 1.29 is 8.42 Å². The van der Waals surface area contributed by atoms with E-state index in [1.807, 2.05) is 0 Å². The molecule has 142 valence electrons. The molecule has 25 heavy (non-hydrogen) atoms. The van der Waals surface area contributed by atoms with Crippen molar-refractivity contribution in [2.45, 2.75) is 83.1 Å². The van der Waals surface area contributed by atoms with E-state index >= 15 is 0 Å². The summed E-state index contributed by atoms with van der Waals surface area (Å²) < 4.78 is 29.2. The lowest BCUT2D eigenvalue weighted by molar-refractivity contribution is 0.548. The van der Waals surface area contributed by atoms with E-state index in [1.165, 1.54) is 5.56 Å². The summed E-state index contributed by atoms with van der Waals surface area (Å²) in [6.07, 6.45) is 2.15. The Morgan fingerprint density at radius 3 is 2.00 bits per heavy atom. The summed E-state index contributed by atoms with van der Waals surface area (Å²) in [7, 11) is -3.53. The van der Waals surface area contributed by atoms with Gasteiger partial charge in [-0.15, -0.1) is 0 Å². The molecule has 0 aliphatic carbocycles. The standard InChI is InChI=1S/C20H34N2O2S/c1-13(2)16-10-18(14(3)4)20(19(11-16)15(5)6)25(23,24)22-12-17-8-7-9-21-17/h10-11,13-15,17,21-22H,7-9,12H2,1-6H3/t17-/m0/s1. The van der Waals surface area contributed by atoms with Crippen LogP contribution in [0.2, 0.25) is 0 Å². The smallest absolute Gasteiger partial charge is 0.241 e. The van der Waals surface area contributed by atoms with Crippen LogP contribution in [0.3, 0.4) is 0 Å². The third-order valence-corrected chi connectivity index (χ3v) is 6.59. The van der Waals surface area contributed by atoms with Crippen molar-refractivity contribution in [1.82, 2.24) is 10.0 Å². The van der Waals surface area contributed by atoms with E-state index in [0.29, 0.717) is 17.4 Å². The summed E-state index contributed by atoms with van der Waals surface area (Å²) in [4.78, 5) is 0.500. The predicted molar refractivity (Wildman–Crippen MR) is 105 cm³/mol. The number of hydrogen-bond donors (Lipinski definition) is 2. The van der Waals surface area contributed by atoms with Crippen LogP contribution in [0.1, 0.15) is 88.8 Å². The van der Waals surface area contributed by atoms with Gasteiger partial charge < -0.3 is 5.32 Å². The second kappa shape index (κ2) is 8.19. The highest BCUT2D eigenvalue weighted by Gasteiger charge is 2.27. The number of hydrogen-bond acceptors (Lipinski definition) is 3. The van der Waals surface area contributed by atoms with Gasteiger partial charge in [0, 0.05) is 12.6 Å². The zero-order chi connectivity index (χ0) is 18.8. The van der Waals surface area contributed by atoms with Crippen LogP contribution in [0.4, 0.5) is 0 Å². The van der Waals surface area contributed by atoms with Gasteiger partial charge in [-0.1, -0.05) is 53.7 Å². The topological polar surface area (TPSA) is 58.2 Å². The van der Waals surface area contributed by atoms with Crippen LogP contribution < -0.4 is 10.0 Å². The van der Waals surface area contributed by atoms with E-state index in [4.69, 9.17) is 0 Å². The first-order valence-electron chi connectivity index (χ1n) is 9.54. The Hall–Kier alpha value is -0.910. The zero-order valence-corrected chi connectivity index (χ0v) is 17.3. The molecule has 4 nitrogen and oxygen atoms in total. The molecule has 1 heterocycles. The third-order valence-electron chi connectivity index (χ3n) is 5.03. The Morgan fingerprint density at radius 1 is 1.04 bits per heavy atom. The van der Waals surface area contributed by atoms with Gasteiger partial charge in [0.1, 0.15) is 0 Å². The van der Waals surface area contributed by atoms with Gasteiger partial charge in [-0.3, -0.25) is 0 Å². The lowest BCUT2D eigenvalue weighted by Crippen LogP contribution is -2.37. The lowest BCUT2D eigenvalue weighted by Gasteiger charge is -2.23. The molecule has 0 saturated carbocycles. The fourth-order valence-corrected chi connectivity index (χ4v) is 5.19. The van der Waals surface area contributed by atoms with Gasteiger partial charge in [0.25, 0.3) is 0 Å². The minimum absolute atomic E-state index is 0.160. The largest absolute Gasteiger partial charge is 0.313 e. The van der Waals surface area contributed by atoms with E-state index in [2.05, 4.69) is 63.7 Å². The quantitative estimate of drug-likeness (QED) is 0.764. The maximum absolute atomic E-state index is 13.2. The highest BCUT2D eigenvalue weighted by atomic mass is 32.2. The molecule has 1 atom stereocenters. The molecule has 0 amide bonds. The van der Waals surface area contributed by atoms with Crippen molar-refractivity contribution in [1.29, 1.82) is 0 Å². The fraction of sp³-hybridized carbons (Fsp3) is 0.700. The van der Waals surface area contributed by atoms with Gasteiger partial charge in [0.15, 0.2) is 0 Å². The first-order valence-corrected chi connectivity index (χ1v) is 11.0. The molecule has 1 fully saturated rings. The first-order chi connectivity index (χ1) is 11.6. The van der Waals surface area contributed by atoms with Crippen molar-refractivity contribution in [2.75, 3.05) is 13.1 Å². The Bertz CT molecular complexity index is 659. The molecular weight excluding hydrogens is 332 g/mol. The molecule has 2 rings (SSSR count). The molecule has 5 heteroatoms. The van der Waals surface area contributed by atoms with Crippen LogP contribution in [0.15, 0.2) is 17.0 Å². The average molecular weight is 367 g/mol. The molecule has 0 aromatic heterocycles. The van der Waals surface area contributed by atoms with E-state index < -0.39 is 10.0 Å². The van der Waals surface area contributed by atoms with Gasteiger partial charge in [-0.05, 0) is 53.8 Å². The van der Waals surface area contributed by atoms with Crippen LogP contribution in [-0.2, 0) is 10.0 Å². The highest BCUT2D eigenvalue weighted by molar-refractivity contribution is 7.89. The van der Waals surface area contributed by atoms with Crippen LogP contribution in [0.25, 0.3) is 0 Å². The Balaban J connectivity index is 2.48. The molecule has 1 aliphatic rings. The third kappa shape index (κ3) is 4.83. The van der Waals surface area contributed by atoms with Crippen molar-refractivity contribution in [3.05, 3.63) is 28.8 Å². The molecule has 1 aromatic carbocycles. The van der Waals surface area contributed by atoms with Crippen LogP contribution in [0.5, 0.6) is 0 Å². The lowest BCUT2D eigenvalue weighted by atomic mass is 9.89. The molecule has 0 bridgehead atoms. The summed E-state index contributed by atoms with van der Waals surface area (Å²) in [5.41, 5.74) is 3.08. The van der Waals surface area contributed by atoms with Gasteiger partial charge >= 0.3 is 0 Å². The molecule has 0 unspecified atom stereocenters. The van der Waals surface area contributed by atoms with E-state index in [-0.39, 0.29) is 17.9 Å². The number of sulfonamides is 1. The van der Waals surface area contributed by atoms with Crippen molar-refractivity contribution >= 4 is 10.0 Å². The van der Waals surface area contributed by atoms with Crippen molar-refractivity contribution in [3.8, 4) is 0 Å². The zero-order valence-electron chi connectivity index (χ0n) is 16.5. The van der Waals surface area contributed by atoms with E-state index in [0.717, 1.165) is 30.5 Å². The molecule has 2 N–H and O–H groups in total. The Labute approximate surface area is 153 Å². The fourth-order valence-electron chi connectivity index (χ4n) is 3.41. The Morgan fingerprint density at radius 2 is 1.60 bits per heavy atom. The predicted octanol–water partition coefficient (Wildman–Crippen LogP) is 4.09. The van der Waals surface area contributed by atoms with Crippen molar-refractivity contribution in [2.24, 2.45) is 0 Å². The van der Waals surface area contributed by atoms with Crippen LogP contribution >= 0.6 is 0 Å². The summed E-state index contributed by atoms with van der Waals surface area (Å²) in [6.45, 7) is 14.0.